The Morgan fingerprint density at radius 1 is 0.964 bits per heavy atom. The molecule has 150 valence electrons. The molecule has 0 bridgehead atoms. The molecular weight excluding hydrogens is 352 g/mol. The van der Waals surface area contributed by atoms with E-state index in [2.05, 4.69) is 50.3 Å². The highest BCUT2D eigenvalue weighted by Crippen LogP contribution is 2.40. The lowest BCUT2D eigenvalue weighted by molar-refractivity contribution is 0.183. The summed E-state index contributed by atoms with van der Waals surface area (Å²) in [6.45, 7) is 9.08. The molecule has 28 heavy (non-hydrogen) atoms. The smallest absolute Gasteiger partial charge is 0.131 e. The Balaban J connectivity index is 1.68. The maximum absolute atomic E-state index is 6.36. The summed E-state index contributed by atoms with van der Waals surface area (Å²) in [4.78, 5) is 0. The molecule has 4 nitrogen and oxygen atoms in total. The maximum Gasteiger partial charge on any atom is 0.131 e. The molecule has 4 rings (SSSR count). The minimum Gasteiger partial charge on any atom is -0.490 e. The van der Waals surface area contributed by atoms with Gasteiger partial charge in [0, 0.05) is 16.3 Å². The Kier molecular flexibility index (Phi) is 5.35. The van der Waals surface area contributed by atoms with Crippen molar-refractivity contribution in [1.29, 1.82) is 0 Å². The average molecular weight is 383 g/mol. The van der Waals surface area contributed by atoms with Gasteiger partial charge in [0.1, 0.15) is 35.9 Å². The molecule has 2 fully saturated rings. The van der Waals surface area contributed by atoms with Gasteiger partial charge in [-0.1, -0.05) is 50.3 Å². The molecule has 2 atom stereocenters. The predicted molar refractivity (Wildman–Crippen MR) is 111 cm³/mol. The Bertz CT molecular complexity index is 862. The van der Waals surface area contributed by atoms with Crippen LogP contribution in [-0.2, 0) is 15.9 Å². The van der Waals surface area contributed by atoms with Gasteiger partial charge in [-0.2, -0.15) is 0 Å². The summed E-state index contributed by atoms with van der Waals surface area (Å²) in [7, 11) is 0. The van der Waals surface area contributed by atoms with Gasteiger partial charge in [0.2, 0.25) is 0 Å². The van der Waals surface area contributed by atoms with Crippen LogP contribution in [0.3, 0.4) is 0 Å². The molecule has 2 aromatic carbocycles. The third kappa shape index (κ3) is 3.89. The van der Waals surface area contributed by atoms with Crippen LogP contribution in [0.5, 0.6) is 11.5 Å². The fraction of sp³-hybridized carbons (Fsp3) is 0.500. The van der Waals surface area contributed by atoms with Crippen LogP contribution in [0.4, 0.5) is 0 Å². The first-order chi connectivity index (χ1) is 13.6. The maximum atomic E-state index is 6.36. The van der Waals surface area contributed by atoms with Crippen molar-refractivity contribution in [3.63, 3.8) is 0 Å². The van der Waals surface area contributed by atoms with E-state index in [0.717, 1.165) is 60.3 Å². The number of hydrogen-bond acceptors (Lipinski definition) is 4. The van der Waals surface area contributed by atoms with Crippen LogP contribution in [-0.4, -0.2) is 37.6 Å². The number of fused-ring (bicyclic) bond motifs is 1. The zero-order valence-electron chi connectivity index (χ0n) is 17.1. The van der Waals surface area contributed by atoms with Crippen molar-refractivity contribution in [3.05, 3.63) is 48.0 Å². The molecule has 0 saturated carbocycles. The van der Waals surface area contributed by atoms with E-state index in [1.54, 1.807) is 0 Å². The second-order valence-electron chi connectivity index (χ2n) is 7.91. The molecule has 2 unspecified atom stereocenters. The van der Waals surface area contributed by atoms with Gasteiger partial charge in [-0.3, -0.25) is 0 Å². The van der Waals surface area contributed by atoms with E-state index in [0.29, 0.717) is 13.2 Å². The first-order valence-corrected chi connectivity index (χ1v) is 10.3. The lowest BCUT2D eigenvalue weighted by Gasteiger charge is -2.20. The normalized spacial score (nSPS) is 26.0. The molecule has 0 aromatic heterocycles. The SMILES string of the molecule is C/C=C/Cc1cc(OCC2(CC)CO2)c2ccccc2c1OCC1(CC)CO1. The number of benzene rings is 2. The third-order valence-corrected chi connectivity index (χ3v) is 5.97. The molecule has 0 N–H and O–H groups in total. The van der Waals surface area contributed by atoms with Crippen molar-refractivity contribution in [2.75, 3.05) is 26.4 Å². The van der Waals surface area contributed by atoms with E-state index in [1.165, 1.54) is 0 Å². The van der Waals surface area contributed by atoms with E-state index in [1.807, 2.05) is 13.0 Å². The summed E-state index contributed by atoms with van der Waals surface area (Å²) >= 11 is 0. The first-order valence-electron chi connectivity index (χ1n) is 10.3. The fourth-order valence-corrected chi connectivity index (χ4v) is 3.45. The predicted octanol–water partition coefficient (Wildman–Crippen LogP) is 5.07. The van der Waals surface area contributed by atoms with Crippen LogP contribution in [0.1, 0.15) is 39.2 Å². The molecule has 2 aliphatic rings. The van der Waals surface area contributed by atoms with Gasteiger partial charge >= 0.3 is 0 Å². The quantitative estimate of drug-likeness (QED) is 0.425. The topological polar surface area (TPSA) is 43.5 Å². The molecular formula is C24H30O4. The highest BCUT2D eigenvalue weighted by atomic mass is 16.6. The molecule has 0 radical (unpaired) electrons. The summed E-state index contributed by atoms with van der Waals surface area (Å²) in [5.41, 5.74) is 0.933. The van der Waals surface area contributed by atoms with Crippen LogP contribution in [0.25, 0.3) is 10.8 Å². The molecule has 2 aliphatic heterocycles. The second kappa shape index (κ2) is 7.76. The molecule has 2 aromatic rings. The minimum absolute atomic E-state index is 0.101. The standard InChI is InChI=1S/C24H30O4/c1-4-7-10-18-13-21(25-14-23(5-2)16-27-23)19-11-8-9-12-20(19)22(18)26-15-24(6-3)17-28-24/h4,7-9,11-13H,5-6,10,14-17H2,1-3H3/b7-4+. The van der Waals surface area contributed by atoms with Gasteiger partial charge in [0.15, 0.2) is 0 Å². The largest absolute Gasteiger partial charge is 0.490 e. The number of ether oxygens (including phenoxy) is 4. The van der Waals surface area contributed by atoms with Gasteiger partial charge in [0.05, 0.1) is 13.2 Å². The van der Waals surface area contributed by atoms with Crippen LogP contribution in [0, 0.1) is 0 Å². The number of rotatable bonds is 10. The minimum atomic E-state index is -0.106. The van der Waals surface area contributed by atoms with E-state index >= 15 is 0 Å². The van der Waals surface area contributed by atoms with Crippen LogP contribution < -0.4 is 9.47 Å². The number of epoxide rings is 2. The molecule has 2 heterocycles. The van der Waals surface area contributed by atoms with Gasteiger partial charge in [-0.15, -0.1) is 0 Å². The summed E-state index contributed by atoms with van der Waals surface area (Å²) in [5, 5.41) is 2.17. The van der Waals surface area contributed by atoms with E-state index in [9.17, 15) is 0 Å². The zero-order chi connectivity index (χ0) is 19.6. The highest BCUT2D eigenvalue weighted by Gasteiger charge is 2.45. The molecule has 2 saturated heterocycles. The van der Waals surface area contributed by atoms with Gasteiger partial charge < -0.3 is 18.9 Å². The summed E-state index contributed by atoms with van der Waals surface area (Å²) in [6, 6.07) is 10.5. The fourth-order valence-electron chi connectivity index (χ4n) is 3.45. The molecule has 0 aliphatic carbocycles. The summed E-state index contributed by atoms with van der Waals surface area (Å²) in [6.07, 6.45) is 6.97. The van der Waals surface area contributed by atoms with E-state index in [-0.39, 0.29) is 11.2 Å². The summed E-state index contributed by atoms with van der Waals surface area (Å²) in [5.74, 6) is 1.84. The molecule has 0 amide bonds. The van der Waals surface area contributed by atoms with E-state index in [4.69, 9.17) is 18.9 Å². The zero-order valence-corrected chi connectivity index (χ0v) is 17.1. The van der Waals surface area contributed by atoms with Crippen molar-refractivity contribution < 1.29 is 18.9 Å². The summed E-state index contributed by atoms with van der Waals surface area (Å²) < 4.78 is 23.9. The second-order valence-corrected chi connectivity index (χ2v) is 7.91. The van der Waals surface area contributed by atoms with Gasteiger partial charge in [0.25, 0.3) is 0 Å². The van der Waals surface area contributed by atoms with Crippen LogP contribution >= 0.6 is 0 Å². The Morgan fingerprint density at radius 2 is 1.57 bits per heavy atom. The van der Waals surface area contributed by atoms with Crippen molar-refractivity contribution in [2.45, 2.75) is 51.2 Å². The third-order valence-electron chi connectivity index (χ3n) is 5.97. The number of allylic oxidation sites excluding steroid dienone is 2. The van der Waals surface area contributed by atoms with Crippen molar-refractivity contribution in [1.82, 2.24) is 0 Å². The van der Waals surface area contributed by atoms with Gasteiger partial charge in [-0.25, -0.2) is 0 Å². The first kappa shape index (κ1) is 19.3. The molecule has 0 spiro atoms. The van der Waals surface area contributed by atoms with Crippen LogP contribution in [0.15, 0.2) is 42.5 Å². The average Bonchev–Trinajstić information content (AvgIpc) is 3.66. The van der Waals surface area contributed by atoms with Crippen molar-refractivity contribution in [2.24, 2.45) is 0 Å². The van der Waals surface area contributed by atoms with Crippen molar-refractivity contribution in [3.8, 4) is 11.5 Å². The number of hydrogen-bond donors (Lipinski definition) is 0. The molecule has 4 heteroatoms. The Hall–Kier alpha value is -2.04. The van der Waals surface area contributed by atoms with Gasteiger partial charge in [-0.05, 0) is 32.3 Å². The van der Waals surface area contributed by atoms with Crippen molar-refractivity contribution >= 4 is 10.8 Å². The Morgan fingerprint density at radius 3 is 2.14 bits per heavy atom. The highest BCUT2D eigenvalue weighted by molar-refractivity contribution is 5.94. The lowest BCUT2D eigenvalue weighted by atomic mass is 10.0. The Labute approximate surface area is 167 Å². The van der Waals surface area contributed by atoms with Crippen LogP contribution in [0.2, 0.25) is 0 Å². The van der Waals surface area contributed by atoms with E-state index < -0.39 is 0 Å². The monoisotopic (exact) mass is 382 g/mol. The lowest BCUT2D eigenvalue weighted by Crippen LogP contribution is -2.21.